The van der Waals surface area contributed by atoms with Gasteiger partial charge >= 0.3 is 0 Å². The van der Waals surface area contributed by atoms with Crippen molar-refractivity contribution in [2.45, 2.75) is 0 Å². The van der Waals surface area contributed by atoms with Crippen molar-refractivity contribution >= 4 is 32.6 Å². The van der Waals surface area contributed by atoms with Crippen LogP contribution in [0.3, 0.4) is 0 Å². The second-order valence-electron chi connectivity index (χ2n) is 11.2. The molecule has 0 aliphatic heterocycles. The largest absolute Gasteiger partial charge is 0.292 e. The Labute approximate surface area is 287 Å². The zero-order valence-corrected chi connectivity index (χ0v) is 24.9. The molecule has 0 bridgehead atoms. The molecule has 0 fully saturated rings. The highest BCUT2D eigenvalue weighted by molar-refractivity contribution is 6.22. The van der Waals surface area contributed by atoms with Gasteiger partial charge in [0.05, 0.1) is 24.7 Å². The van der Waals surface area contributed by atoms with E-state index < -0.39 is 36.3 Å². The zero-order chi connectivity index (χ0) is 39.9. The molecule has 220 valence electrons. The van der Waals surface area contributed by atoms with Gasteiger partial charge in [-0.25, -0.2) is 4.98 Å². The summed E-state index contributed by atoms with van der Waals surface area (Å²) in [5.74, 6) is 0.411. The van der Waals surface area contributed by atoms with Gasteiger partial charge in [-0.1, -0.05) is 151 Å². The minimum atomic E-state index is -0.475. The second-order valence-corrected chi connectivity index (χ2v) is 11.2. The minimum absolute atomic E-state index is 0.00330. The van der Waals surface area contributed by atoms with Crippen molar-refractivity contribution in [1.29, 1.82) is 0 Å². The van der Waals surface area contributed by atoms with Crippen LogP contribution in [-0.4, -0.2) is 9.55 Å². The average Bonchev–Trinajstić information content (AvgIpc) is 3.62. The Morgan fingerprint density at radius 1 is 0.447 bits per heavy atom. The molecule has 0 saturated carbocycles. The van der Waals surface area contributed by atoms with Crippen LogP contribution in [0.2, 0.25) is 0 Å². The molecule has 0 spiro atoms. The molecular weight excluding hydrogens is 569 g/mol. The standard InChI is InChI=1S/C45H30N2/c1-3-16-31(17-4-1)32-18-15-19-33(30-32)43-35-22-7-9-24-37(35)44(38-25-10-8-23-36(38)43)39-26-11-12-27-40(39)45-46-41-28-13-14-29-42(41)47(45)34-20-5-2-6-21-34/h1-30H/i1D,2D,3D,4D,5D,6D,16D,17D,20D,21D. The van der Waals surface area contributed by atoms with Crippen LogP contribution in [0.4, 0.5) is 0 Å². The lowest BCUT2D eigenvalue weighted by molar-refractivity contribution is 1.10. The lowest BCUT2D eigenvalue weighted by Gasteiger charge is -2.20. The van der Waals surface area contributed by atoms with Gasteiger partial charge in [-0.2, -0.15) is 0 Å². The SMILES string of the molecule is [2H]c1c([2H])c([2H])c(-c2cccc(-c3c4ccccc4c(-c4ccccc4-c4nc5ccccc5n4-c4c([2H])c([2H])c([2H])c([2H])c4[2H])c4ccccc34)c2)c([2H])c1[2H]. The average molecular weight is 609 g/mol. The summed E-state index contributed by atoms with van der Waals surface area (Å²) in [7, 11) is 0. The van der Waals surface area contributed by atoms with E-state index >= 15 is 0 Å². The summed E-state index contributed by atoms with van der Waals surface area (Å²) in [5.41, 5.74) is 5.92. The first-order valence-electron chi connectivity index (χ1n) is 20.2. The van der Waals surface area contributed by atoms with E-state index in [2.05, 4.69) is 12.1 Å². The van der Waals surface area contributed by atoms with Gasteiger partial charge in [0.2, 0.25) is 0 Å². The molecule has 9 rings (SSSR count). The molecule has 9 aromatic rings. The van der Waals surface area contributed by atoms with Gasteiger partial charge in [-0.3, -0.25) is 4.57 Å². The highest BCUT2D eigenvalue weighted by Crippen LogP contribution is 2.46. The third-order valence-electron chi connectivity index (χ3n) is 8.58. The Balaban J connectivity index is 1.34. The van der Waals surface area contributed by atoms with Crippen LogP contribution < -0.4 is 0 Å². The predicted molar refractivity (Wildman–Crippen MR) is 198 cm³/mol. The molecule has 1 heterocycles. The van der Waals surface area contributed by atoms with Crippen molar-refractivity contribution < 1.29 is 13.7 Å². The highest BCUT2D eigenvalue weighted by atomic mass is 15.1. The molecule has 1 aromatic heterocycles. The van der Waals surface area contributed by atoms with Crippen LogP contribution in [0.25, 0.3) is 83.0 Å². The molecule has 8 aromatic carbocycles. The molecule has 0 amide bonds. The number of aromatic nitrogens is 2. The first kappa shape index (κ1) is 18.7. The molecule has 0 unspecified atom stereocenters. The first-order valence-corrected chi connectivity index (χ1v) is 15.2. The van der Waals surface area contributed by atoms with Crippen molar-refractivity contribution in [3.63, 3.8) is 0 Å². The summed E-state index contributed by atoms with van der Waals surface area (Å²) < 4.78 is 86.8. The maximum Gasteiger partial charge on any atom is 0.146 e. The van der Waals surface area contributed by atoms with E-state index in [1.165, 1.54) is 0 Å². The van der Waals surface area contributed by atoms with Gasteiger partial charge < -0.3 is 0 Å². The fourth-order valence-corrected chi connectivity index (χ4v) is 6.64. The molecule has 0 saturated heterocycles. The summed E-state index contributed by atoms with van der Waals surface area (Å²) >= 11 is 0. The Morgan fingerprint density at radius 3 is 1.70 bits per heavy atom. The summed E-state index contributed by atoms with van der Waals surface area (Å²) in [6.07, 6.45) is 0. The fraction of sp³-hybridized carbons (Fsp3) is 0. The van der Waals surface area contributed by atoms with Gasteiger partial charge in [0, 0.05) is 11.3 Å². The molecule has 47 heavy (non-hydrogen) atoms. The lowest BCUT2D eigenvalue weighted by atomic mass is 9.84. The first-order chi connectivity index (χ1) is 27.5. The van der Waals surface area contributed by atoms with Crippen LogP contribution in [-0.2, 0) is 0 Å². The van der Waals surface area contributed by atoms with Crippen LogP contribution in [0, 0.1) is 0 Å². The predicted octanol–water partition coefficient (Wildman–Crippen LogP) is 12.0. The van der Waals surface area contributed by atoms with Crippen LogP contribution in [0.5, 0.6) is 0 Å². The van der Waals surface area contributed by atoms with E-state index in [9.17, 15) is 0 Å². The van der Waals surface area contributed by atoms with E-state index in [1.54, 1.807) is 10.6 Å². The Bertz CT molecular complexity index is 3040. The van der Waals surface area contributed by atoms with Crippen molar-refractivity contribution in [3.8, 4) is 50.5 Å². The molecule has 0 aliphatic carbocycles. The third-order valence-corrected chi connectivity index (χ3v) is 8.58. The van der Waals surface area contributed by atoms with E-state index in [4.69, 9.17) is 18.7 Å². The Kier molecular flexibility index (Phi) is 4.48. The molecule has 0 aliphatic rings. The third kappa shape index (κ3) is 4.54. The summed E-state index contributed by atoms with van der Waals surface area (Å²) in [5, 5.41) is 3.66. The van der Waals surface area contributed by atoms with Crippen molar-refractivity contribution in [2.75, 3.05) is 0 Å². The van der Waals surface area contributed by atoms with Crippen molar-refractivity contribution in [3.05, 3.63) is 182 Å². The zero-order valence-electron chi connectivity index (χ0n) is 34.9. The Hall–Kier alpha value is -6.25. The van der Waals surface area contributed by atoms with Crippen LogP contribution >= 0.6 is 0 Å². The monoisotopic (exact) mass is 608 g/mol. The lowest BCUT2D eigenvalue weighted by Crippen LogP contribution is -1.99. The van der Waals surface area contributed by atoms with E-state index in [1.807, 2.05) is 103 Å². The molecule has 2 nitrogen and oxygen atoms in total. The smallest absolute Gasteiger partial charge is 0.146 e. The van der Waals surface area contributed by atoms with Crippen LogP contribution in [0.15, 0.2) is 182 Å². The molecule has 0 atom stereocenters. The summed E-state index contributed by atoms with van der Waals surface area (Å²) in [6, 6.07) is 34.8. The molecule has 0 N–H and O–H groups in total. The van der Waals surface area contributed by atoms with E-state index in [0.717, 1.165) is 43.8 Å². The molecule has 0 radical (unpaired) electrons. The maximum absolute atomic E-state index is 8.94. The van der Waals surface area contributed by atoms with E-state index in [0.29, 0.717) is 28.0 Å². The van der Waals surface area contributed by atoms with Crippen molar-refractivity contribution in [2.24, 2.45) is 0 Å². The van der Waals surface area contributed by atoms with Gasteiger partial charge in [0.25, 0.3) is 0 Å². The molecular formula is C45H30N2. The number of imidazole rings is 1. The quantitative estimate of drug-likeness (QED) is 0.178. The van der Waals surface area contributed by atoms with E-state index in [-0.39, 0.29) is 35.4 Å². The normalized spacial score (nSPS) is 14.4. The fourth-order valence-electron chi connectivity index (χ4n) is 6.64. The Morgan fingerprint density at radius 2 is 1.00 bits per heavy atom. The number of fused-ring (bicyclic) bond motifs is 3. The van der Waals surface area contributed by atoms with Gasteiger partial charge in [-0.15, -0.1) is 0 Å². The second kappa shape index (κ2) is 11.3. The van der Waals surface area contributed by atoms with Gasteiger partial charge in [0.15, 0.2) is 0 Å². The topological polar surface area (TPSA) is 17.8 Å². The van der Waals surface area contributed by atoms with Crippen molar-refractivity contribution in [1.82, 2.24) is 9.55 Å². The van der Waals surface area contributed by atoms with Crippen LogP contribution in [0.1, 0.15) is 13.7 Å². The van der Waals surface area contributed by atoms with Gasteiger partial charge in [0.1, 0.15) is 5.82 Å². The summed E-state index contributed by atoms with van der Waals surface area (Å²) in [6.45, 7) is 0. The number of para-hydroxylation sites is 3. The summed E-state index contributed by atoms with van der Waals surface area (Å²) in [4.78, 5) is 5.06. The number of hydrogen-bond donors (Lipinski definition) is 0. The van der Waals surface area contributed by atoms with Gasteiger partial charge in [-0.05, 0) is 85.2 Å². The number of nitrogens with zero attached hydrogens (tertiary/aromatic N) is 2. The minimum Gasteiger partial charge on any atom is -0.292 e. The maximum atomic E-state index is 8.94. The number of rotatable bonds is 5. The number of benzene rings is 8. The molecule has 2 heteroatoms. The highest BCUT2D eigenvalue weighted by Gasteiger charge is 2.22. The number of hydrogen-bond acceptors (Lipinski definition) is 1.